The van der Waals surface area contributed by atoms with E-state index in [2.05, 4.69) is 0 Å². The first kappa shape index (κ1) is 26.1. The monoisotopic (exact) mass is 559 g/mol. The summed E-state index contributed by atoms with van der Waals surface area (Å²) >= 11 is 6.03. The average Bonchev–Trinajstić information content (AvgIpc) is 3.20. The van der Waals surface area contributed by atoms with Crippen molar-refractivity contribution in [3.8, 4) is 17.2 Å². The van der Waals surface area contributed by atoms with E-state index in [4.69, 9.17) is 21.1 Å². The van der Waals surface area contributed by atoms with Crippen molar-refractivity contribution in [2.45, 2.75) is 25.7 Å². The number of Topliss-reactive ketones (excluding diaryl/α,β-unsaturated/α-hetero) is 1. The third kappa shape index (κ3) is 3.73. The number of allylic oxidation sites excluding steroid dienone is 6. The van der Waals surface area contributed by atoms with Gasteiger partial charge in [-0.3, -0.25) is 24.1 Å². The molecule has 1 fully saturated rings. The Hall–Kier alpha value is -4.17. The van der Waals surface area contributed by atoms with Gasteiger partial charge in [0.25, 0.3) is 0 Å². The summed E-state index contributed by atoms with van der Waals surface area (Å²) < 4.78 is 10.9. The van der Waals surface area contributed by atoms with Crippen molar-refractivity contribution in [1.29, 1.82) is 0 Å². The normalized spacial score (nSPS) is 25.8. The number of ketones is 2. The van der Waals surface area contributed by atoms with E-state index in [9.17, 15) is 24.3 Å². The van der Waals surface area contributed by atoms with E-state index >= 15 is 0 Å². The van der Waals surface area contributed by atoms with Gasteiger partial charge in [0.2, 0.25) is 11.8 Å². The molecule has 204 valence electrons. The van der Waals surface area contributed by atoms with Gasteiger partial charge in [-0.1, -0.05) is 23.3 Å². The largest absolute Gasteiger partial charge is 0.507 e. The van der Waals surface area contributed by atoms with E-state index in [0.717, 1.165) is 0 Å². The lowest BCUT2D eigenvalue weighted by atomic mass is 9.59. The zero-order chi connectivity index (χ0) is 28.5. The Labute approximate surface area is 235 Å². The standard InChI is InChI=1S/C31H26ClNO7/c1-14-10-22(34)21-13-20-18(26(27(21)29(14)36)28-23(35)11-17(39-2)12-24(28)40-3)8-9-19-25(20)31(38)33(30(19)37)16-6-4-15(32)5-7-16/h4-8,10-12,19-20,25-26,35H,9,13H2,1-3H3. The van der Waals surface area contributed by atoms with Crippen LogP contribution in [0, 0.1) is 17.8 Å². The summed E-state index contributed by atoms with van der Waals surface area (Å²) in [7, 11) is 2.91. The van der Waals surface area contributed by atoms with Crippen molar-refractivity contribution in [2.75, 3.05) is 19.1 Å². The highest BCUT2D eigenvalue weighted by atomic mass is 35.5. The molecule has 3 aliphatic carbocycles. The van der Waals surface area contributed by atoms with Crippen molar-refractivity contribution in [3.63, 3.8) is 0 Å². The van der Waals surface area contributed by atoms with Crippen LogP contribution in [0.15, 0.2) is 70.8 Å². The molecule has 2 aromatic carbocycles. The number of ether oxygens (including phenoxy) is 2. The number of halogens is 1. The van der Waals surface area contributed by atoms with Crippen LogP contribution in [-0.4, -0.2) is 42.7 Å². The first-order valence-corrected chi connectivity index (χ1v) is 13.3. The Bertz CT molecular complexity index is 1600. The topological polar surface area (TPSA) is 110 Å². The fourth-order valence-electron chi connectivity index (χ4n) is 6.70. The second kappa shape index (κ2) is 9.48. The Kier molecular flexibility index (Phi) is 6.18. The fourth-order valence-corrected chi connectivity index (χ4v) is 6.83. The molecular weight excluding hydrogens is 534 g/mol. The van der Waals surface area contributed by atoms with E-state index in [1.165, 1.54) is 31.3 Å². The molecule has 9 heteroatoms. The van der Waals surface area contributed by atoms with Gasteiger partial charge in [-0.05, 0) is 56.0 Å². The molecule has 0 bridgehead atoms. The van der Waals surface area contributed by atoms with Crippen LogP contribution >= 0.6 is 11.6 Å². The van der Waals surface area contributed by atoms with Gasteiger partial charge in [0.15, 0.2) is 11.6 Å². The third-order valence-electron chi connectivity index (χ3n) is 8.49. The number of hydrogen-bond acceptors (Lipinski definition) is 7. The Morgan fingerprint density at radius 2 is 1.70 bits per heavy atom. The minimum atomic E-state index is -0.844. The van der Waals surface area contributed by atoms with Crippen LogP contribution in [0.5, 0.6) is 17.2 Å². The van der Waals surface area contributed by atoms with E-state index in [0.29, 0.717) is 38.7 Å². The van der Waals surface area contributed by atoms with Crippen molar-refractivity contribution < 1.29 is 33.8 Å². The van der Waals surface area contributed by atoms with Gasteiger partial charge < -0.3 is 14.6 Å². The number of amides is 2. The molecule has 8 nitrogen and oxygen atoms in total. The van der Waals surface area contributed by atoms with Crippen LogP contribution in [0.2, 0.25) is 5.02 Å². The predicted molar refractivity (Wildman–Crippen MR) is 146 cm³/mol. The summed E-state index contributed by atoms with van der Waals surface area (Å²) in [6.07, 6.45) is 3.63. The highest BCUT2D eigenvalue weighted by Crippen LogP contribution is 2.58. The molecule has 0 saturated carbocycles. The van der Waals surface area contributed by atoms with Crippen LogP contribution in [0.4, 0.5) is 5.69 Å². The zero-order valence-electron chi connectivity index (χ0n) is 22.1. The minimum absolute atomic E-state index is 0.139. The van der Waals surface area contributed by atoms with Crippen molar-refractivity contribution in [2.24, 2.45) is 17.8 Å². The first-order valence-electron chi connectivity index (χ1n) is 12.9. The molecule has 2 amide bonds. The summed E-state index contributed by atoms with van der Waals surface area (Å²) in [4.78, 5) is 55.6. The number of phenols is 1. The summed E-state index contributed by atoms with van der Waals surface area (Å²) in [6, 6.07) is 9.54. The van der Waals surface area contributed by atoms with Crippen LogP contribution in [0.1, 0.15) is 31.2 Å². The van der Waals surface area contributed by atoms with E-state index in [1.54, 1.807) is 37.3 Å². The van der Waals surface area contributed by atoms with Gasteiger partial charge in [-0.2, -0.15) is 0 Å². The van der Waals surface area contributed by atoms with Crippen LogP contribution in [-0.2, 0) is 19.2 Å². The van der Waals surface area contributed by atoms with Gasteiger partial charge >= 0.3 is 0 Å². The highest BCUT2D eigenvalue weighted by molar-refractivity contribution is 6.31. The molecule has 40 heavy (non-hydrogen) atoms. The molecule has 1 N–H and O–H groups in total. The van der Waals surface area contributed by atoms with Crippen LogP contribution in [0.3, 0.4) is 0 Å². The summed E-state index contributed by atoms with van der Waals surface area (Å²) in [5.41, 5.74) is 2.33. The van der Waals surface area contributed by atoms with Crippen molar-refractivity contribution >= 4 is 40.7 Å². The number of carbonyl (C=O) groups excluding carboxylic acids is 4. The minimum Gasteiger partial charge on any atom is -0.507 e. The van der Waals surface area contributed by atoms with Crippen molar-refractivity contribution in [3.05, 3.63) is 81.4 Å². The number of imide groups is 1. The molecule has 0 spiro atoms. The first-order chi connectivity index (χ1) is 19.2. The Balaban J connectivity index is 1.53. The van der Waals surface area contributed by atoms with E-state index in [1.807, 2.05) is 6.08 Å². The van der Waals surface area contributed by atoms with Crippen LogP contribution < -0.4 is 14.4 Å². The van der Waals surface area contributed by atoms with Gasteiger partial charge in [0.05, 0.1) is 31.7 Å². The lowest BCUT2D eigenvalue weighted by Gasteiger charge is -2.42. The number of hydrogen-bond donors (Lipinski definition) is 1. The Morgan fingerprint density at radius 1 is 0.975 bits per heavy atom. The number of benzene rings is 2. The Morgan fingerprint density at radius 3 is 2.38 bits per heavy atom. The van der Waals surface area contributed by atoms with Crippen molar-refractivity contribution in [1.82, 2.24) is 0 Å². The maximum absolute atomic E-state index is 13.9. The number of fused-ring (bicyclic) bond motifs is 3. The zero-order valence-corrected chi connectivity index (χ0v) is 22.8. The van der Waals surface area contributed by atoms with Gasteiger partial charge in [-0.15, -0.1) is 0 Å². The number of anilines is 1. The maximum Gasteiger partial charge on any atom is 0.238 e. The fraction of sp³-hybridized carbons (Fsp3) is 0.290. The van der Waals surface area contributed by atoms with Crippen LogP contribution in [0.25, 0.3) is 0 Å². The quantitative estimate of drug-likeness (QED) is 0.328. The smallest absolute Gasteiger partial charge is 0.238 e. The molecule has 0 aromatic heterocycles. The maximum atomic E-state index is 13.9. The molecular formula is C31H26ClNO7. The number of carbonyl (C=O) groups is 4. The van der Waals surface area contributed by atoms with E-state index in [-0.39, 0.29) is 53.3 Å². The predicted octanol–water partition coefficient (Wildman–Crippen LogP) is 4.70. The third-order valence-corrected chi connectivity index (χ3v) is 8.74. The summed E-state index contributed by atoms with van der Waals surface area (Å²) in [5.74, 6) is -3.53. The molecule has 4 aliphatic rings. The lowest BCUT2D eigenvalue weighted by molar-refractivity contribution is -0.123. The molecule has 1 aliphatic heterocycles. The molecule has 6 rings (SSSR count). The summed E-state index contributed by atoms with van der Waals surface area (Å²) in [6.45, 7) is 1.59. The van der Waals surface area contributed by atoms with Gasteiger partial charge in [0, 0.05) is 45.4 Å². The summed E-state index contributed by atoms with van der Waals surface area (Å²) in [5, 5.41) is 11.7. The average molecular weight is 560 g/mol. The molecule has 4 unspecified atom stereocenters. The number of methoxy groups -OCH3 is 2. The molecule has 4 atom stereocenters. The molecule has 1 heterocycles. The molecule has 0 radical (unpaired) electrons. The van der Waals surface area contributed by atoms with Gasteiger partial charge in [0.1, 0.15) is 17.2 Å². The molecule has 1 saturated heterocycles. The van der Waals surface area contributed by atoms with E-state index < -0.39 is 23.7 Å². The number of phenolic OH excluding ortho intramolecular Hbond substituents is 1. The molecule has 2 aromatic rings. The van der Waals surface area contributed by atoms with Gasteiger partial charge in [-0.25, -0.2) is 0 Å². The number of aromatic hydroxyl groups is 1. The lowest BCUT2D eigenvalue weighted by Crippen LogP contribution is -2.40. The second-order valence-electron chi connectivity index (χ2n) is 10.5. The SMILES string of the molecule is COc1cc(O)c(C2C3=CCC4C(=O)N(c5ccc(Cl)cc5)C(=O)C4C3CC3=C2C(=O)C(C)=CC3=O)c(OC)c1. The second-order valence-corrected chi connectivity index (χ2v) is 10.9. The number of rotatable bonds is 4. The number of nitrogens with zero attached hydrogens (tertiary/aromatic N) is 1. The highest BCUT2D eigenvalue weighted by Gasteiger charge is 2.57.